The normalized spacial score (nSPS) is 14.7. The minimum atomic E-state index is -0.644. The minimum absolute atomic E-state index is 0.0555. The number of benzene rings is 1. The predicted octanol–water partition coefficient (Wildman–Crippen LogP) is 4.53. The van der Waals surface area contributed by atoms with Gasteiger partial charge in [-0.2, -0.15) is 0 Å². The highest BCUT2D eigenvalue weighted by Crippen LogP contribution is 2.22. The van der Waals surface area contributed by atoms with Gasteiger partial charge in [-0.3, -0.25) is 0 Å². The molecular formula is C25H39NO4. The molecule has 1 unspecified atom stereocenters. The molecule has 1 aromatic rings. The Bertz CT molecular complexity index is 657. The van der Waals surface area contributed by atoms with Gasteiger partial charge in [0.05, 0.1) is 12.7 Å². The van der Waals surface area contributed by atoms with Crippen molar-refractivity contribution in [1.82, 2.24) is 5.32 Å². The number of nitrogens with one attached hydrogen (secondary N) is 1. The van der Waals surface area contributed by atoms with E-state index in [2.05, 4.69) is 23.5 Å². The number of aliphatic hydroxyl groups is 2. The van der Waals surface area contributed by atoms with Crippen LogP contribution in [-0.4, -0.2) is 41.6 Å². The second kappa shape index (κ2) is 15.2. The summed E-state index contributed by atoms with van der Waals surface area (Å²) < 4.78 is 5.74. The zero-order chi connectivity index (χ0) is 21.4. The Morgan fingerprint density at radius 3 is 2.57 bits per heavy atom. The van der Waals surface area contributed by atoms with Crippen molar-refractivity contribution >= 4 is 0 Å². The Morgan fingerprint density at radius 2 is 1.80 bits per heavy atom. The largest absolute Gasteiger partial charge is 0.508 e. The molecular weight excluding hydrogens is 378 g/mol. The third-order valence-corrected chi connectivity index (χ3v) is 5.46. The third-order valence-electron chi connectivity index (χ3n) is 5.46. The van der Waals surface area contributed by atoms with Crippen molar-refractivity contribution in [1.29, 1.82) is 0 Å². The lowest BCUT2D eigenvalue weighted by molar-refractivity contribution is 0.126. The van der Waals surface area contributed by atoms with Crippen molar-refractivity contribution < 1.29 is 20.1 Å². The van der Waals surface area contributed by atoms with Gasteiger partial charge in [-0.25, -0.2) is 0 Å². The Kier molecular flexibility index (Phi) is 12.5. The van der Waals surface area contributed by atoms with Crippen LogP contribution < -0.4 is 5.32 Å². The number of hydrogen-bond donors (Lipinski definition) is 4. The number of hydrogen-bond acceptors (Lipinski definition) is 5. The summed E-state index contributed by atoms with van der Waals surface area (Å²) in [6, 6.07) is 4.84. The van der Waals surface area contributed by atoms with Gasteiger partial charge >= 0.3 is 0 Å². The zero-order valence-corrected chi connectivity index (χ0v) is 18.2. The van der Waals surface area contributed by atoms with Crippen molar-refractivity contribution in [2.75, 3.05) is 26.3 Å². The molecule has 0 saturated heterocycles. The Labute approximate surface area is 181 Å². The van der Waals surface area contributed by atoms with E-state index in [1.165, 1.54) is 43.7 Å². The molecule has 1 atom stereocenters. The number of rotatable bonds is 16. The smallest absolute Gasteiger partial charge is 0.121 e. The fourth-order valence-electron chi connectivity index (χ4n) is 3.59. The average molecular weight is 418 g/mol. The fraction of sp³-hybridized carbons (Fsp3) is 0.600. The third kappa shape index (κ3) is 9.90. The molecule has 168 valence electrons. The van der Waals surface area contributed by atoms with Gasteiger partial charge in [0.25, 0.3) is 0 Å². The first-order chi connectivity index (χ1) is 14.7. The topological polar surface area (TPSA) is 82.0 Å². The van der Waals surface area contributed by atoms with Gasteiger partial charge in [-0.15, -0.1) is 0 Å². The minimum Gasteiger partial charge on any atom is -0.508 e. The molecule has 0 bridgehead atoms. The fourth-order valence-corrected chi connectivity index (χ4v) is 3.59. The molecule has 0 aromatic heterocycles. The maximum atomic E-state index is 10.2. The van der Waals surface area contributed by atoms with Gasteiger partial charge in [-0.1, -0.05) is 42.7 Å². The molecule has 0 amide bonds. The standard InChI is InChI=1S/C25H39NO4/c27-20-23-18-22(13-14-24(23)28)25(29)19-26-15-7-1-2-8-16-30-17-9-6-12-21-10-4-3-5-11-21/h4,10-11,13-14,18,25-29H,1-3,5-9,12,15-17,19-20H2. The lowest BCUT2D eigenvalue weighted by atomic mass is 10.0. The molecule has 0 heterocycles. The molecule has 30 heavy (non-hydrogen) atoms. The predicted molar refractivity (Wildman–Crippen MR) is 121 cm³/mol. The molecule has 0 spiro atoms. The molecule has 2 rings (SSSR count). The summed E-state index contributed by atoms with van der Waals surface area (Å²) in [4.78, 5) is 0. The van der Waals surface area contributed by atoms with E-state index < -0.39 is 6.10 Å². The van der Waals surface area contributed by atoms with Crippen LogP contribution in [0.15, 0.2) is 42.0 Å². The SMILES string of the molecule is OCc1cc(C(O)CNCCCCCCOCCCCC2=CCCC=C2)ccc1O. The zero-order valence-electron chi connectivity index (χ0n) is 18.2. The van der Waals surface area contributed by atoms with Gasteiger partial charge in [0.2, 0.25) is 0 Å². The maximum absolute atomic E-state index is 10.2. The van der Waals surface area contributed by atoms with Crippen molar-refractivity contribution in [2.24, 2.45) is 0 Å². The summed E-state index contributed by atoms with van der Waals surface area (Å²) in [6.07, 6.45) is 16.7. The summed E-state index contributed by atoms with van der Waals surface area (Å²) >= 11 is 0. The first-order valence-corrected chi connectivity index (χ1v) is 11.5. The molecule has 1 aliphatic rings. The lowest BCUT2D eigenvalue weighted by Crippen LogP contribution is -2.22. The summed E-state index contributed by atoms with van der Waals surface area (Å²) in [5.74, 6) is 0.0555. The summed E-state index contributed by atoms with van der Waals surface area (Å²) in [5.41, 5.74) is 2.63. The van der Waals surface area contributed by atoms with Crippen molar-refractivity contribution in [2.45, 2.75) is 70.5 Å². The molecule has 1 aromatic carbocycles. The van der Waals surface area contributed by atoms with E-state index in [1.807, 2.05) is 0 Å². The maximum Gasteiger partial charge on any atom is 0.121 e. The highest BCUT2D eigenvalue weighted by Gasteiger charge is 2.09. The molecule has 5 heteroatoms. The number of unbranched alkanes of at least 4 members (excludes halogenated alkanes) is 4. The molecule has 0 aliphatic heterocycles. The van der Waals surface area contributed by atoms with E-state index in [1.54, 1.807) is 12.1 Å². The second-order valence-electron chi connectivity index (χ2n) is 8.01. The number of aliphatic hydroxyl groups excluding tert-OH is 2. The molecule has 5 nitrogen and oxygen atoms in total. The van der Waals surface area contributed by atoms with Gasteiger partial charge in [-0.05, 0) is 69.2 Å². The summed E-state index contributed by atoms with van der Waals surface area (Å²) in [5, 5.41) is 32.3. The van der Waals surface area contributed by atoms with Crippen LogP contribution in [0.4, 0.5) is 0 Å². The van der Waals surface area contributed by atoms with E-state index in [0.29, 0.717) is 17.7 Å². The molecule has 0 saturated carbocycles. The average Bonchev–Trinajstić information content (AvgIpc) is 2.77. The van der Waals surface area contributed by atoms with Crippen LogP contribution in [0.5, 0.6) is 5.75 Å². The van der Waals surface area contributed by atoms with Gasteiger partial charge in [0.15, 0.2) is 0 Å². The van der Waals surface area contributed by atoms with E-state index in [-0.39, 0.29) is 12.4 Å². The van der Waals surface area contributed by atoms with Crippen LogP contribution >= 0.6 is 0 Å². The van der Waals surface area contributed by atoms with Crippen molar-refractivity contribution in [3.05, 3.63) is 53.1 Å². The van der Waals surface area contributed by atoms with Gasteiger partial charge in [0.1, 0.15) is 5.75 Å². The highest BCUT2D eigenvalue weighted by molar-refractivity contribution is 5.36. The van der Waals surface area contributed by atoms with Crippen LogP contribution in [0.2, 0.25) is 0 Å². The van der Waals surface area contributed by atoms with Gasteiger partial charge in [0, 0.05) is 25.3 Å². The van der Waals surface area contributed by atoms with Crippen LogP contribution in [0.25, 0.3) is 0 Å². The number of phenols is 1. The van der Waals surface area contributed by atoms with Crippen LogP contribution in [-0.2, 0) is 11.3 Å². The Hall–Kier alpha value is -1.66. The first-order valence-electron chi connectivity index (χ1n) is 11.5. The van der Waals surface area contributed by atoms with Crippen LogP contribution in [0, 0.1) is 0 Å². The number of allylic oxidation sites excluding steroid dienone is 4. The van der Waals surface area contributed by atoms with E-state index in [9.17, 15) is 15.3 Å². The highest BCUT2D eigenvalue weighted by atomic mass is 16.5. The molecule has 4 N–H and O–H groups in total. The van der Waals surface area contributed by atoms with Crippen molar-refractivity contribution in [3.8, 4) is 5.75 Å². The van der Waals surface area contributed by atoms with Gasteiger partial charge < -0.3 is 25.4 Å². The summed E-state index contributed by atoms with van der Waals surface area (Å²) in [6.45, 7) is 2.81. The Morgan fingerprint density at radius 1 is 1.00 bits per heavy atom. The van der Waals surface area contributed by atoms with E-state index in [4.69, 9.17) is 4.74 Å². The van der Waals surface area contributed by atoms with Crippen molar-refractivity contribution in [3.63, 3.8) is 0 Å². The second-order valence-corrected chi connectivity index (χ2v) is 8.01. The Balaban J connectivity index is 1.38. The summed E-state index contributed by atoms with van der Waals surface area (Å²) in [7, 11) is 0. The van der Waals surface area contributed by atoms with Crippen LogP contribution in [0.1, 0.15) is 75.0 Å². The monoisotopic (exact) mass is 417 g/mol. The quantitative estimate of drug-likeness (QED) is 0.297. The molecule has 1 aliphatic carbocycles. The number of ether oxygens (including phenoxy) is 1. The number of aromatic hydroxyl groups is 1. The van der Waals surface area contributed by atoms with E-state index >= 15 is 0 Å². The lowest BCUT2D eigenvalue weighted by Gasteiger charge is -2.14. The first kappa shape index (κ1) is 24.6. The van der Waals surface area contributed by atoms with Crippen LogP contribution in [0.3, 0.4) is 0 Å². The molecule has 0 radical (unpaired) electrons. The van der Waals surface area contributed by atoms with E-state index in [0.717, 1.165) is 45.4 Å². The molecule has 0 fully saturated rings.